The van der Waals surface area contributed by atoms with E-state index in [0.717, 1.165) is 36.7 Å². The highest BCUT2D eigenvalue weighted by atomic mass is 16.5. The van der Waals surface area contributed by atoms with E-state index in [9.17, 15) is 5.11 Å². The van der Waals surface area contributed by atoms with Crippen LogP contribution in [0.5, 0.6) is 0 Å². The van der Waals surface area contributed by atoms with Gasteiger partial charge in [-0.2, -0.15) is 0 Å². The molecule has 3 heteroatoms. The van der Waals surface area contributed by atoms with Crippen molar-refractivity contribution < 1.29 is 9.84 Å². The molecule has 1 aliphatic heterocycles. The zero-order chi connectivity index (χ0) is 18.4. The van der Waals surface area contributed by atoms with Crippen LogP contribution in [0.3, 0.4) is 0 Å². The third-order valence-electron chi connectivity index (χ3n) is 9.93. The lowest BCUT2D eigenvalue weighted by Gasteiger charge is -2.62. The molecule has 1 heterocycles. The van der Waals surface area contributed by atoms with Crippen LogP contribution in [0.15, 0.2) is 0 Å². The summed E-state index contributed by atoms with van der Waals surface area (Å²) in [6, 6.07) is 0. The fourth-order valence-corrected chi connectivity index (χ4v) is 8.46. The lowest BCUT2D eigenvalue weighted by atomic mass is 9.44. The molecule has 0 radical (unpaired) electrons. The first-order chi connectivity index (χ1) is 12.2. The zero-order valence-corrected chi connectivity index (χ0v) is 17.3. The summed E-state index contributed by atoms with van der Waals surface area (Å²) in [5, 5.41) is 14.5. The molecule has 4 aliphatic carbocycles. The van der Waals surface area contributed by atoms with Gasteiger partial charge in [0.15, 0.2) is 0 Å². The standard InChI is InChI=1S/C23H39NO2/c1-20(2)14-26-23(24-20)12-11-21(3)15(13-23)5-6-16-17-7-8-19(25)22(17,4)10-9-18(16)21/h15-19,24-25H,5-14H2,1-4H3/t15-,16-,17-,18-,19-,21-,22-,23?/m0/s1. The summed E-state index contributed by atoms with van der Waals surface area (Å²) < 4.78 is 6.38. The molecule has 4 saturated carbocycles. The van der Waals surface area contributed by atoms with Crippen LogP contribution in [-0.2, 0) is 4.74 Å². The predicted octanol–water partition coefficient (Wildman–Crippen LogP) is 4.48. The molecule has 5 aliphatic rings. The Balaban J connectivity index is 1.38. The summed E-state index contributed by atoms with van der Waals surface area (Å²) in [7, 11) is 0. The maximum atomic E-state index is 10.6. The number of aliphatic hydroxyl groups is 1. The average molecular weight is 362 g/mol. The van der Waals surface area contributed by atoms with Crippen molar-refractivity contribution in [1.82, 2.24) is 5.32 Å². The predicted molar refractivity (Wildman–Crippen MR) is 104 cm³/mol. The van der Waals surface area contributed by atoms with Crippen LogP contribution in [0.25, 0.3) is 0 Å². The van der Waals surface area contributed by atoms with E-state index in [-0.39, 0.29) is 22.8 Å². The minimum Gasteiger partial charge on any atom is -0.393 e. The SMILES string of the molecule is CC1(C)COC2(CC[C@@]3(C)[C@@H](CC[C@@H]4[C@@H]3CC[C@]3(C)[C@@H](O)CC[C@@H]43)C2)N1. The third-order valence-corrected chi connectivity index (χ3v) is 9.93. The van der Waals surface area contributed by atoms with Gasteiger partial charge in [-0.15, -0.1) is 0 Å². The highest BCUT2D eigenvalue weighted by Crippen LogP contribution is 2.67. The van der Waals surface area contributed by atoms with E-state index >= 15 is 0 Å². The van der Waals surface area contributed by atoms with Crippen molar-refractivity contribution >= 4 is 0 Å². The Morgan fingerprint density at radius 1 is 0.846 bits per heavy atom. The first kappa shape index (κ1) is 17.9. The van der Waals surface area contributed by atoms with E-state index in [1.807, 2.05) is 0 Å². The van der Waals surface area contributed by atoms with E-state index in [4.69, 9.17) is 4.74 Å². The van der Waals surface area contributed by atoms with Crippen LogP contribution in [0.4, 0.5) is 0 Å². The monoisotopic (exact) mass is 361 g/mol. The molecule has 1 saturated heterocycles. The summed E-state index contributed by atoms with van der Waals surface area (Å²) in [5.41, 5.74) is 0.770. The molecule has 0 aromatic heterocycles. The third kappa shape index (κ3) is 2.35. The van der Waals surface area contributed by atoms with Crippen LogP contribution < -0.4 is 5.32 Å². The van der Waals surface area contributed by atoms with Crippen molar-refractivity contribution in [3.63, 3.8) is 0 Å². The van der Waals surface area contributed by atoms with E-state index < -0.39 is 0 Å². The number of nitrogens with one attached hydrogen (secondary N) is 1. The van der Waals surface area contributed by atoms with Gasteiger partial charge in [-0.1, -0.05) is 13.8 Å². The molecule has 0 amide bonds. The number of rotatable bonds is 0. The second-order valence-corrected chi connectivity index (χ2v) is 11.8. The van der Waals surface area contributed by atoms with Crippen LogP contribution in [0, 0.1) is 34.5 Å². The number of hydrogen-bond acceptors (Lipinski definition) is 3. The molecule has 0 aromatic rings. The van der Waals surface area contributed by atoms with Gasteiger partial charge in [0.1, 0.15) is 5.72 Å². The molecule has 148 valence electrons. The fraction of sp³-hybridized carbons (Fsp3) is 1.00. The van der Waals surface area contributed by atoms with Crippen LogP contribution in [0.1, 0.15) is 85.5 Å². The van der Waals surface area contributed by atoms with Gasteiger partial charge in [-0.25, -0.2) is 0 Å². The van der Waals surface area contributed by atoms with Crippen molar-refractivity contribution in [3.8, 4) is 0 Å². The van der Waals surface area contributed by atoms with Gasteiger partial charge >= 0.3 is 0 Å². The highest BCUT2D eigenvalue weighted by molar-refractivity contribution is 5.11. The Hall–Kier alpha value is -0.120. The Labute approximate surface area is 159 Å². The highest BCUT2D eigenvalue weighted by Gasteiger charge is 2.62. The Morgan fingerprint density at radius 3 is 2.35 bits per heavy atom. The van der Waals surface area contributed by atoms with Gasteiger partial charge in [-0.05, 0) is 106 Å². The fourth-order valence-electron chi connectivity index (χ4n) is 8.46. The summed E-state index contributed by atoms with van der Waals surface area (Å²) in [6.07, 6.45) is 11.3. The molecule has 1 unspecified atom stereocenters. The van der Waals surface area contributed by atoms with E-state index in [1.165, 1.54) is 51.4 Å². The normalized spacial score (nSPS) is 58.3. The van der Waals surface area contributed by atoms with Crippen LogP contribution in [0.2, 0.25) is 0 Å². The van der Waals surface area contributed by atoms with Crippen molar-refractivity contribution in [2.24, 2.45) is 34.5 Å². The number of aliphatic hydroxyl groups excluding tert-OH is 1. The van der Waals surface area contributed by atoms with Crippen molar-refractivity contribution in [3.05, 3.63) is 0 Å². The zero-order valence-electron chi connectivity index (χ0n) is 17.3. The van der Waals surface area contributed by atoms with E-state index in [2.05, 4.69) is 33.0 Å². The summed E-state index contributed by atoms with van der Waals surface area (Å²) in [6.45, 7) is 10.4. The number of hydrogen-bond donors (Lipinski definition) is 2. The second kappa shape index (κ2) is 5.48. The van der Waals surface area contributed by atoms with Crippen LogP contribution in [-0.4, -0.2) is 29.1 Å². The topological polar surface area (TPSA) is 41.5 Å². The molecular formula is C23H39NO2. The van der Waals surface area contributed by atoms with Gasteiger partial charge in [-0.3, -0.25) is 5.32 Å². The van der Waals surface area contributed by atoms with Gasteiger partial charge in [0, 0.05) is 5.54 Å². The van der Waals surface area contributed by atoms with Crippen molar-refractivity contribution in [2.75, 3.05) is 6.61 Å². The summed E-state index contributed by atoms with van der Waals surface area (Å²) in [5.74, 6) is 3.30. The second-order valence-electron chi connectivity index (χ2n) is 11.8. The number of ether oxygens (including phenoxy) is 1. The molecule has 0 aromatic carbocycles. The summed E-state index contributed by atoms with van der Waals surface area (Å²) >= 11 is 0. The van der Waals surface area contributed by atoms with Crippen molar-refractivity contribution in [1.29, 1.82) is 0 Å². The largest absolute Gasteiger partial charge is 0.393 e. The molecule has 5 fully saturated rings. The lowest BCUT2D eigenvalue weighted by molar-refractivity contribution is -0.162. The number of fused-ring (bicyclic) bond motifs is 5. The van der Waals surface area contributed by atoms with E-state index in [1.54, 1.807) is 0 Å². The lowest BCUT2D eigenvalue weighted by Crippen LogP contribution is -2.59. The summed E-state index contributed by atoms with van der Waals surface area (Å²) in [4.78, 5) is 0. The maximum absolute atomic E-state index is 10.6. The molecule has 5 rings (SSSR count). The van der Waals surface area contributed by atoms with Gasteiger partial charge < -0.3 is 9.84 Å². The average Bonchev–Trinajstić information content (AvgIpc) is 3.05. The molecule has 2 N–H and O–H groups in total. The Kier molecular flexibility index (Phi) is 3.78. The Morgan fingerprint density at radius 2 is 1.62 bits per heavy atom. The molecule has 1 spiro atoms. The molecule has 3 nitrogen and oxygen atoms in total. The first-order valence-corrected chi connectivity index (χ1v) is 11.3. The minimum atomic E-state index is -0.0491. The molecule has 0 bridgehead atoms. The minimum absolute atomic E-state index is 0.0484. The van der Waals surface area contributed by atoms with Crippen LogP contribution >= 0.6 is 0 Å². The van der Waals surface area contributed by atoms with Gasteiger partial charge in [0.2, 0.25) is 0 Å². The quantitative estimate of drug-likeness (QED) is 0.668. The van der Waals surface area contributed by atoms with E-state index in [0.29, 0.717) is 5.41 Å². The van der Waals surface area contributed by atoms with Crippen molar-refractivity contribution in [2.45, 2.75) is 103 Å². The maximum Gasteiger partial charge on any atom is 0.120 e. The Bertz CT molecular complexity index is 591. The first-order valence-electron chi connectivity index (χ1n) is 11.3. The molecule has 8 atom stereocenters. The van der Waals surface area contributed by atoms with Gasteiger partial charge in [0.25, 0.3) is 0 Å². The smallest absolute Gasteiger partial charge is 0.120 e. The van der Waals surface area contributed by atoms with Gasteiger partial charge in [0.05, 0.1) is 12.7 Å². The molecule has 26 heavy (non-hydrogen) atoms. The molecular weight excluding hydrogens is 322 g/mol.